The van der Waals surface area contributed by atoms with Gasteiger partial charge < -0.3 is 19.9 Å². The molecule has 9 nitrogen and oxygen atoms in total. The van der Waals surface area contributed by atoms with E-state index in [0.717, 1.165) is 44.7 Å². The zero-order valence-corrected chi connectivity index (χ0v) is 18.6. The van der Waals surface area contributed by atoms with Crippen LogP contribution in [-0.4, -0.2) is 97.4 Å². The molecular weight excluding hydrogens is 410 g/mol. The van der Waals surface area contributed by atoms with Crippen LogP contribution in [-0.2, 0) is 9.53 Å². The first-order chi connectivity index (χ1) is 15.6. The Morgan fingerprint density at radius 1 is 1.06 bits per heavy atom. The van der Waals surface area contributed by atoms with Crippen molar-refractivity contribution in [2.45, 2.75) is 31.8 Å². The highest BCUT2D eigenvalue weighted by molar-refractivity contribution is 6.21. The van der Waals surface area contributed by atoms with E-state index in [-0.39, 0.29) is 23.8 Å². The van der Waals surface area contributed by atoms with Crippen molar-refractivity contribution in [3.05, 3.63) is 35.4 Å². The van der Waals surface area contributed by atoms with Crippen LogP contribution in [0.25, 0.3) is 0 Å². The van der Waals surface area contributed by atoms with Crippen LogP contribution in [0.3, 0.4) is 0 Å². The lowest BCUT2D eigenvalue weighted by atomic mass is 10.1. The largest absolute Gasteiger partial charge is 0.368 e. The van der Waals surface area contributed by atoms with Gasteiger partial charge in [0, 0.05) is 52.9 Å². The van der Waals surface area contributed by atoms with Gasteiger partial charge in [-0.3, -0.25) is 24.3 Å². The Bertz CT molecular complexity index is 853. The molecule has 0 bridgehead atoms. The number of benzene rings is 1. The second-order valence-electron chi connectivity index (χ2n) is 8.30. The van der Waals surface area contributed by atoms with Gasteiger partial charge in [0.2, 0.25) is 0 Å². The van der Waals surface area contributed by atoms with Gasteiger partial charge in [-0.25, -0.2) is 0 Å². The summed E-state index contributed by atoms with van der Waals surface area (Å²) in [6, 6.07) is 6.97. The van der Waals surface area contributed by atoms with Gasteiger partial charge in [0.15, 0.2) is 5.96 Å². The highest BCUT2D eigenvalue weighted by Gasteiger charge is 2.34. The third-order valence-corrected chi connectivity index (χ3v) is 6.28. The molecule has 3 aliphatic heterocycles. The van der Waals surface area contributed by atoms with E-state index in [1.807, 2.05) is 4.90 Å². The van der Waals surface area contributed by atoms with E-state index in [1.54, 1.807) is 31.3 Å². The molecule has 3 amide bonds. The summed E-state index contributed by atoms with van der Waals surface area (Å²) in [5.41, 5.74) is 0.987. The second-order valence-corrected chi connectivity index (χ2v) is 8.30. The van der Waals surface area contributed by atoms with Crippen LogP contribution in [0.15, 0.2) is 29.3 Å². The molecule has 2 saturated heterocycles. The van der Waals surface area contributed by atoms with Crippen molar-refractivity contribution in [3.8, 4) is 0 Å². The standard InChI is InChI=1S/C23H31N5O4/c1-24-23(27-14-12-26(13-15-27)22(31)19-9-6-16-32-19)25-10-4-5-11-28-20(29)17-7-2-3-8-18(17)21(28)30/h2-3,7-8,19H,4-6,9-16H2,1H3,(H,24,25). The lowest BCUT2D eigenvalue weighted by Crippen LogP contribution is -2.55. The summed E-state index contributed by atoms with van der Waals surface area (Å²) >= 11 is 0. The monoisotopic (exact) mass is 441 g/mol. The summed E-state index contributed by atoms with van der Waals surface area (Å²) < 4.78 is 5.52. The molecule has 1 aromatic carbocycles. The summed E-state index contributed by atoms with van der Waals surface area (Å²) in [6.45, 7) is 4.58. The minimum Gasteiger partial charge on any atom is -0.368 e. The van der Waals surface area contributed by atoms with Crippen molar-refractivity contribution < 1.29 is 19.1 Å². The molecule has 1 atom stereocenters. The number of nitrogens with zero attached hydrogens (tertiary/aromatic N) is 4. The third-order valence-electron chi connectivity index (χ3n) is 6.28. The van der Waals surface area contributed by atoms with Crippen molar-refractivity contribution in [2.75, 3.05) is 52.9 Å². The predicted molar refractivity (Wildman–Crippen MR) is 120 cm³/mol. The van der Waals surface area contributed by atoms with Gasteiger partial charge in [-0.05, 0) is 37.8 Å². The maximum absolute atomic E-state index is 12.5. The SMILES string of the molecule is CN=C(NCCCCN1C(=O)c2ccccc2C1=O)N1CCN(C(=O)C2CCCO2)CC1. The first-order valence-corrected chi connectivity index (χ1v) is 11.4. The number of imide groups is 1. The van der Waals surface area contributed by atoms with E-state index in [4.69, 9.17) is 4.74 Å². The van der Waals surface area contributed by atoms with Crippen LogP contribution in [0.4, 0.5) is 0 Å². The van der Waals surface area contributed by atoms with Gasteiger partial charge in [0.05, 0.1) is 11.1 Å². The molecule has 32 heavy (non-hydrogen) atoms. The Labute approximate surface area is 188 Å². The molecule has 3 heterocycles. The number of hydrogen-bond acceptors (Lipinski definition) is 5. The average molecular weight is 442 g/mol. The van der Waals surface area contributed by atoms with E-state index in [2.05, 4.69) is 15.2 Å². The van der Waals surface area contributed by atoms with E-state index >= 15 is 0 Å². The van der Waals surface area contributed by atoms with Gasteiger partial charge in [0.25, 0.3) is 17.7 Å². The summed E-state index contributed by atoms with van der Waals surface area (Å²) in [7, 11) is 1.75. The molecule has 1 aromatic rings. The molecule has 0 aliphatic carbocycles. The molecule has 2 fully saturated rings. The van der Waals surface area contributed by atoms with E-state index in [9.17, 15) is 14.4 Å². The number of fused-ring (bicyclic) bond motifs is 1. The normalized spacial score (nSPS) is 21.3. The Hall–Kier alpha value is -2.94. The first kappa shape index (κ1) is 22.3. The summed E-state index contributed by atoms with van der Waals surface area (Å²) in [5.74, 6) is 0.516. The number of carbonyl (C=O) groups excluding carboxylic acids is 3. The van der Waals surface area contributed by atoms with Gasteiger partial charge in [-0.1, -0.05) is 12.1 Å². The Morgan fingerprint density at radius 3 is 2.31 bits per heavy atom. The number of nitrogens with one attached hydrogen (secondary N) is 1. The highest BCUT2D eigenvalue weighted by atomic mass is 16.5. The minimum atomic E-state index is -0.263. The summed E-state index contributed by atoms with van der Waals surface area (Å²) in [5, 5.41) is 3.36. The molecule has 9 heteroatoms. The van der Waals surface area contributed by atoms with E-state index < -0.39 is 0 Å². The summed E-state index contributed by atoms with van der Waals surface area (Å²) in [4.78, 5) is 47.1. The van der Waals surface area contributed by atoms with Crippen molar-refractivity contribution in [3.63, 3.8) is 0 Å². The Balaban J connectivity index is 1.16. The first-order valence-electron chi connectivity index (χ1n) is 11.4. The second kappa shape index (κ2) is 10.1. The lowest BCUT2D eigenvalue weighted by molar-refractivity contribution is -0.142. The topological polar surface area (TPSA) is 94.5 Å². The molecule has 4 rings (SSSR count). The lowest BCUT2D eigenvalue weighted by Gasteiger charge is -2.37. The van der Waals surface area contributed by atoms with Crippen molar-refractivity contribution >= 4 is 23.7 Å². The molecule has 3 aliphatic rings. The van der Waals surface area contributed by atoms with Gasteiger partial charge in [-0.2, -0.15) is 0 Å². The fraction of sp³-hybridized carbons (Fsp3) is 0.565. The molecule has 0 spiro atoms. The van der Waals surface area contributed by atoms with Gasteiger partial charge in [-0.15, -0.1) is 0 Å². The Kier molecular flexibility index (Phi) is 7.04. The molecular formula is C23H31N5O4. The molecule has 172 valence electrons. The minimum absolute atomic E-state index is 0.109. The molecule has 0 radical (unpaired) electrons. The third kappa shape index (κ3) is 4.62. The smallest absolute Gasteiger partial charge is 0.261 e. The van der Waals surface area contributed by atoms with Gasteiger partial charge in [0.1, 0.15) is 6.10 Å². The number of hydrogen-bond donors (Lipinski definition) is 1. The fourth-order valence-electron chi connectivity index (χ4n) is 4.48. The van der Waals surface area contributed by atoms with E-state index in [0.29, 0.717) is 43.9 Å². The number of guanidine groups is 1. The maximum atomic E-state index is 12.5. The number of unbranched alkanes of at least 4 members (excludes halogenated alkanes) is 1. The fourth-order valence-corrected chi connectivity index (χ4v) is 4.48. The Morgan fingerprint density at radius 2 is 1.72 bits per heavy atom. The molecule has 1 unspecified atom stereocenters. The average Bonchev–Trinajstić information content (AvgIpc) is 3.45. The van der Waals surface area contributed by atoms with Crippen LogP contribution < -0.4 is 5.32 Å². The zero-order chi connectivity index (χ0) is 22.5. The van der Waals surface area contributed by atoms with Crippen LogP contribution in [0.5, 0.6) is 0 Å². The molecule has 1 N–H and O–H groups in total. The van der Waals surface area contributed by atoms with Crippen LogP contribution in [0, 0.1) is 0 Å². The highest BCUT2D eigenvalue weighted by Crippen LogP contribution is 2.22. The number of carbonyl (C=O) groups is 3. The number of amides is 3. The zero-order valence-electron chi connectivity index (χ0n) is 18.6. The maximum Gasteiger partial charge on any atom is 0.261 e. The van der Waals surface area contributed by atoms with Crippen molar-refractivity contribution in [2.24, 2.45) is 4.99 Å². The van der Waals surface area contributed by atoms with Crippen molar-refractivity contribution in [1.29, 1.82) is 0 Å². The molecule has 0 aromatic heterocycles. The van der Waals surface area contributed by atoms with E-state index in [1.165, 1.54) is 4.90 Å². The van der Waals surface area contributed by atoms with Crippen molar-refractivity contribution in [1.82, 2.24) is 20.0 Å². The predicted octanol–water partition coefficient (Wildman–Crippen LogP) is 0.961. The van der Waals surface area contributed by atoms with Crippen LogP contribution in [0.2, 0.25) is 0 Å². The number of rotatable bonds is 6. The number of piperazine rings is 1. The van der Waals surface area contributed by atoms with Gasteiger partial charge >= 0.3 is 0 Å². The number of ether oxygens (including phenoxy) is 1. The van der Waals surface area contributed by atoms with Crippen LogP contribution >= 0.6 is 0 Å². The summed E-state index contributed by atoms with van der Waals surface area (Å²) in [6.07, 6.45) is 3.05. The van der Waals surface area contributed by atoms with Crippen LogP contribution in [0.1, 0.15) is 46.4 Å². The quantitative estimate of drug-likeness (QED) is 0.306. The number of aliphatic imine (C=N–C) groups is 1. The molecule has 0 saturated carbocycles.